The molecule has 2 heteroatoms. The van der Waals surface area contributed by atoms with Gasteiger partial charge in [-0.15, -0.1) is 0 Å². The summed E-state index contributed by atoms with van der Waals surface area (Å²) in [7, 11) is 0. The normalized spacial score (nSPS) is 19.2. The molecule has 0 fully saturated rings. The molecule has 1 unspecified atom stereocenters. The van der Waals surface area contributed by atoms with Gasteiger partial charge in [0, 0.05) is 18.2 Å². The maximum atomic E-state index is 11.7. The summed E-state index contributed by atoms with van der Waals surface area (Å²) in [5, 5.41) is 0. The van der Waals surface area contributed by atoms with Crippen LogP contribution in [0.15, 0.2) is 12.2 Å². The summed E-state index contributed by atoms with van der Waals surface area (Å²) in [6.07, 6.45) is 11.0. The lowest BCUT2D eigenvalue weighted by atomic mass is 9.89. The van der Waals surface area contributed by atoms with Crippen molar-refractivity contribution in [1.82, 2.24) is 4.90 Å². The molecule has 0 bridgehead atoms. The Bertz CT molecular complexity index is 259. The first-order valence-electron chi connectivity index (χ1n) is 6.62. The first-order chi connectivity index (χ1) is 7.64. The Morgan fingerprint density at radius 1 is 1.31 bits per heavy atom. The van der Waals surface area contributed by atoms with Crippen LogP contribution in [0.4, 0.5) is 0 Å². The number of hydrogen-bond acceptors (Lipinski definition) is 1. The number of carbonyl (C=O) groups is 1. The molecule has 1 rings (SSSR count). The van der Waals surface area contributed by atoms with Crippen LogP contribution in [0.2, 0.25) is 0 Å². The highest BCUT2D eigenvalue weighted by atomic mass is 16.2. The van der Waals surface area contributed by atoms with Crippen molar-refractivity contribution in [3.05, 3.63) is 12.2 Å². The third-order valence-electron chi connectivity index (χ3n) is 3.80. The third kappa shape index (κ3) is 3.10. The van der Waals surface area contributed by atoms with E-state index in [0.29, 0.717) is 0 Å². The van der Waals surface area contributed by atoms with Crippen molar-refractivity contribution in [2.24, 2.45) is 0 Å². The van der Waals surface area contributed by atoms with Gasteiger partial charge in [0.15, 0.2) is 0 Å². The monoisotopic (exact) mass is 223 g/mol. The van der Waals surface area contributed by atoms with Gasteiger partial charge in [-0.05, 0) is 19.8 Å². The molecule has 0 N–H and O–H groups in total. The molecule has 1 atom stereocenters. The van der Waals surface area contributed by atoms with Gasteiger partial charge in [0.05, 0.1) is 0 Å². The van der Waals surface area contributed by atoms with Gasteiger partial charge in [0.2, 0.25) is 5.91 Å². The molecule has 92 valence electrons. The highest BCUT2D eigenvalue weighted by Crippen LogP contribution is 2.28. The van der Waals surface area contributed by atoms with Crippen molar-refractivity contribution in [1.29, 1.82) is 0 Å². The predicted molar refractivity (Wildman–Crippen MR) is 68.3 cm³/mol. The zero-order valence-electron chi connectivity index (χ0n) is 11.0. The molecule has 1 heterocycles. The Morgan fingerprint density at radius 2 is 2.06 bits per heavy atom. The minimum absolute atomic E-state index is 0.0638. The van der Waals surface area contributed by atoms with Crippen LogP contribution in [0.5, 0.6) is 0 Å². The summed E-state index contributed by atoms with van der Waals surface area (Å²) in [4.78, 5) is 13.7. The molecule has 0 saturated carbocycles. The van der Waals surface area contributed by atoms with E-state index < -0.39 is 0 Å². The van der Waals surface area contributed by atoms with Crippen molar-refractivity contribution < 1.29 is 4.79 Å². The maximum Gasteiger partial charge on any atom is 0.247 e. The molecular weight excluding hydrogens is 198 g/mol. The second-order valence-electron chi connectivity index (χ2n) is 5.01. The molecule has 0 aliphatic carbocycles. The minimum Gasteiger partial charge on any atom is -0.330 e. The SMILES string of the molecule is CCCCCCC(C)(CC)N1CC=CC1=O. The van der Waals surface area contributed by atoms with Gasteiger partial charge in [-0.2, -0.15) is 0 Å². The lowest BCUT2D eigenvalue weighted by Gasteiger charge is -2.38. The molecule has 0 aromatic rings. The first-order valence-corrected chi connectivity index (χ1v) is 6.62. The molecule has 0 aromatic heterocycles. The fraction of sp³-hybridized carbons (Fsp3) is 0.786. The van der Waals surface area contributed by atoms with E-state index in [-0.39, 0.29) is 11.4 Å². The van der Waals surface area contributed by atoms with Gasteiger partial charge in [0.25, 0.3) is 0 Å². The van der Waals surface area contributed by atoms with Crippen LogP contribution in [0.1, 0.15) is 59.3 Å². The summed E-state index contributed by atoms with van der Waals surface area (Å²) < 4.78 is 0. The average Bonchev–Trinajstić information content (AvgIpc) is 2.71. The van der Waals surface area contributed by atoms with Crippen LogP contribution < -0.4 is 0 Å². The van der Waals surface area contributed by atoms with Crippen LogP contribution in [0, 0.1) is 0 Å². The molecule has 0 spiro atoms. The van der Waals surface area contributed by atoms with E-state index in [2.05, 4.69) is 20.8 Å². The number of carbonyl (C=O) groups excluding carboxylic acids is 1. The molecule has 1 aliphatic rings. The lowest BCUT2D eigenvalue weighted by molar-refractivity contribution is -0.130. The number of unbranched alkanes of at least 4 members (excludes halogenated alkanes) is 3. The van der Waals surface area contributed by atoms with Crippen molar-refractivity contribution >= 4 is 5.91 Å². The van der Waals surface area contributed by atoms with Gasteiger partial charge >= 0.3 is 0 Å². The zero-order chi connectivity index (χ0) is 12.0. The van der Waals surface area contributed by atoms with Gasteiger partial charge in [-0.25, -0.2) is 0 Å². The second kappa shape index (κ2) is 6.07. The zero-order valence-corrected chi connectivity index (χ0v) is 11.0. The summed E-state index contributed by atoms with van der Waals surface area (Å²) in [6, 6.07) is 0. The van der Waals surface area contributed by atoms with Crippen molar-refractivity contribution in [3.8, 4) is 0 Å². The van der Waals surface area contributed by atoms with E-state index in [1.165, 1.54) is 25.7 Å². The van der Waals surface area contributed by atoms with Crippen molar-refractivity contribution in [3.63, 3.8) is 0 Å². The van der Waals surface area contributed by atoms with Crippen LogP contribution >= 0.6 is 0 Å². The maximum absolute atomic E-state index is 11.7. The second-order valence-corrected chi connectivity index (χ2v) is 5.01. The average molecular weight is 223 g/mol. The largest absolute Gasteiger partial charge is 0.330 e. The van der Waals surface area contributed by atoms with Gasteiger partial charge in [0.1, 0.15) is 0 Å². The Kier molecular flexibility index (Phi) is 5.04. The fourth-order valence-electron chi connectivity index (χ4n) is 2.36. The Balaban J connectivity index is 2.46. The Morgan fingerprint density at radius 3 is 2.56 bits per heavy atom. The van der Waals surface area contributed by atoms with E-state index in [1.54, 1.807) is 6.08 Å². The molecule has 2 nitrogen and oxygen atoms in total. The molecule has 1 aliphatic heterocycles. The van der Waals surface area contributed by atoms with E-state index in [0.717, 1.165) is 19.4 Å². The number of nitrogens with zero attached hydrogens (tertiary/aromatic N) is 1. The van der Waals surface area contributed by atoms with Crippen LogP contribution in [-0.2, 0) is 4.79 Å². The molecule has 0 radical (unpaired) electrons. The lowest BCUT2D eigenvalue weighted by Crippen LogP contribution is -2.46. The number of hydrogen-bond donors (Lipinski definition) is 0. The van der Waals surface area contributed by atoms with Gasteiger partial charge in [-0.3, -0.25) is 4.79 Å². The molecule has 0 aromatic carbocycles. The smallest absolute Gasteiger partial charge is 0.247 e. The highest BCUT2D eigenvalue weighted by Gasteiger charge is 2.33. The number of rotatable bonds is 7. The first kappa shape index (κ1) is 13.3. The minimum atomic E-state index is 0.0638. The summed E-state index contributed by atoms with van der Waals surface area (Å²) in [5.41, 5.74) is 0.0638. The van der Waals surface area contributed by atoms with Gasteiger partial charge in [-0.1, -0.05) is 45.6 Å². The third-order valence-corrected chi connectivity index (χ3v) is 3.80. The van der Waals surface area contributed by atoms with E-state index in [9.17, 15) is 4.79 Å². The fourth-order valence-corrected chi connectivity index (χ4v) is 2.36. The van der Waals surface area contributed by atoms with Crippen molar-refractivity contribution in [2.45, 2.75) is 64.8 Å². The van der Waals surface area contributed by atoms with E-state index in [4.69, 9.17) is 0 Å². The standard InChI is InChI=1S/C14H25NO/c1-4-6-7-8-11-14(3,5-2)15-12-9-10-13(15)16/h9-10H,4-8,11-12H2,1-3H3. The summed E-state index contributed by atoms with van der Waals surface area (Å²) in [6.45, 7) is 7.44. The summed E-state index contributed by atoms with van der Waals surface area (Å²) in [5.74, 6) is 0.194. The van der Waals surface area contributed by atoms with E-state index >= 15 is 0 Å². The quantitative estimate of drug-likeness (QED) is 0.605. The molecule has 16 heavy (non-hydrogen) atoms. The Labute approximate surface area is 99.7 Å². The van der Waals surface area contributed by atoms with Crippen molar-refractivity contribution in [2.75, 3.05) is 6.54 Å². The predicted octanol–water partition coefficient (Wildman–Crippen LogP) is 3.52. The van der Waals surface area contributed by atoms with E-state index in [1.807, 2.05) is 11.0 Å². The summed E-state index contributed by atoms with van der Waals surface area (Å²) >= 11 is 0. The molecule has 0 saturated heterocycles. The van der Waals surface area contributed by atoms with Crippen LogP contribution in [0.3, 0.4) is 0 Å². The molecule has 1 amide bonds. The topological polar surface area (TPSA) is 20.3 Å². The van der Waals surface area contributed by atoms with Crippen LogP contribution in [-0.4, -0.2) is 22.9 Å². The highest BCUT2D eigenvalue weighted by molar-refractivity contribution is 5.90. The van der Waals surface area contributed by atoms with Gasteiger partial charge < -0.3 is 4.90 Å². The van der Waals surface area contributed by atoms with Crippen LogP contribution in [0.25, 0.3) is 0 Å². The Hall–Kier alpha value is -0.790. The molecular formula is C14H25NO. The number of amides is 1.